The molecule has 1 aliphatic heterocycles. The Labute approximate surface area is 230 Å². The highest BCUT2D eigenvalue weighted by molar-refractivity contribution is 5.98. The van der Waals surface area contributed by atoms with Crippen LogP contribution < -0.4 is 4.90 Å². The monoisotopic (exact) mass is 520 g/mol. The average molecular weight is 521 g/mol. The number of nitrogens with zero attached hydrogens (tertiary/aromatic N) is 2. The Morgan fingerprint density at radius 1 is 0.947 bits per heavy atom. The Morgan fingerprint density at radius 3 is 2.37 bits per heavy atom. The van der Waals surface area contributed by atoms with Gasteiger partial charge in [0.25, 0.3) is 0 Å². The Balaban J connectivity index is 1.03. The van der Waals surface area contributed by atoms with Gasteiger partial charge in [-0.3, -0.25) is 9.69 Å². The Hall–Kier alpha value is -2.40. The summed E-state index contributed by atoms with van der Waals surface area (Å²) in [6.07, 6.45) is 10.4. The van der Waals surface area contributed by atoms with E-state index in [1.807, 2.05) is 6.92 Å². The minimum Gasteiger partial charge on any atom is -0.462 e. The predicted octanol–water partition coefficient (Wildman–Crippen LogP) is 6.59. The average Bonchev–Trinajstić information content (AvgIpc) is 3.12. The molecule has 1 aromatic carbocycles. The molecule has 1 saturated carbocycles. The first-order valence-electron chi connectivity index (χ1n) is 15.0. The van der Waals surface area contributed by atoms with Crippen molar-refractivity contribution in [3.63, 3.8) is 0 Å². The van der Waals surface area contributed by atoms with Gasteiger partial charge in [0.15, 0.2) is 5.78 Å². The summed E-state index contributed by atoms with van der Waals surface area (Å²) in [4.78, 5) is 30.0. The van der Waals surface area contributed by atoms with Crippen LogP contribution in [-0.4, -0.2) is 56.0 Å². The maximum Gasteiger partial charge on any atom is 0.333 e. The molecule has 0 bridgehead atoms. The van der Waals surface area contributed by atoms with E-state index in [0.717, 1.165) is 63.9 Å². The number of rotatable bonds is 12. The van der Waals surface area contributed by atoms with Gasteiger partial charge in [-0.15, -0.1) is 0 Å². The maximum atomic E-state index is 12.7. The van der Waals surface area contributed by atoms with Crippen molar-refractivity contribution in [1.82, 2.24) is 4.90 Å². The van der Waals surface area contributed by atoms with Crippen LogP contribution in [-0.2, 0) is 14.3 Å². The van der Waals surface area contributed by atoms with Crippen molar-refractivity contribution in [1.29, 1.82) is 0 Å². The lowest BCUT2D eigenvalue weighted by molar-refractivity contribution is -0.139. The van der Waals surface area contributed by atoms with Gasteiger partial charge in [0.1, 0.15) is 0 Å². The van der Waals surface area contributed by atoms with Crippen LogP contribution in [0.1, 0.15) is 78.1 Å². The molecule has 3 atom stereocenters. The number of fused-ring (bicyclic) bond motifs is 1. The number of Topliss-reactive ketones (excluding diaryl/α,β-unsaturated/α-hetero) is 1. The van der Waals surface area contributed by atoms with Gasteiger partial charge in [-0.1, -0.05) is 63.0 Å². The number of unbranched alkanes of at least 4 members (excludes halogenated alkanes) is 5. The van der Waals surface area contributed by atoms with E-state index in [0.29, 0.717) is 30.4 Å². The Morgan fingerprint density at radius 2 is 1.63 bits per heavy atom. The third kappa shape index (κ3) is 7.59. The van der Waals surface area contributed by atoms with Crippen LogP contribution in [0.25, 0.3) is 0 Å². The molecule has 2 fully saturated rings. The molecule has 5 heteroatoms. The fourth-order valence-corrected chi connectivity index (χ4v) is 6.55. The molecular formula is C33H48N2O3. The van der Waals surface area contributed by atoms with Gasteiger partial charge in [-0.05, 0) is 81.0 Å². The van der Waals surface area contributed by atoms with Gasteiger partial charge in [0.05, 0.1) is 6.61 Å². The number of ketones is 1. The molecule has 2 aliphatic carbocycles. The molecule has 1 aromatic rings. The number of allylic oxidation sites excluding steroid dienone is 2. The van der Waals surface area contributed by atoms with Crippen LogP contribution in [0.15, 0.2) is 53.6 Å². The second kappa shape index (κ2) is 14.1. The lowest BCUT2D eigenvalue weighted by atomic mass is 9.86. The summed E-state index contributed by atoms with van der Waals surface area (Å²) in [5, 5.41) is 0. The molecule has 0 unspecified atom stereocenters. The van der Waals surface area contributed by atoms with Gasteiger partial charge in [0.2, 0.25) is 0 Å². The summed E-state index contributed by atoms with van der Waals surface area (Å²) in [5.41, 5.74) is 4.14. The molecule has 38 heavy (non-hydrogen) atoms. The first-order chi connectivity index (χ1) is 18.4. The zero-order valence-corrected chi connectivity index (χ0v) is 23.8. The molecule has 0 spiro atoms. The Kier molecular flexibility index (Phi) is 10.6. The zero-order valence-electron chi connectivity index (χ0n) is 23.8. The topological polar surface area (TPSA) is 49.9 Å². The highest BCUT2D eigenvalue weighted by Gasteiger charge is 2.38. The zero-order chi connectivity index (χ0) is 26.9. The molecule has 1 saturated heterocycles. The van der Waals surface area contributed by atoms with Crippen molar-refractivity contribution in [2.45, 2.75) is 78.1 Å². The van der Waals surface area contributed by atoms with Crippen LogP contribution in [0.2, 0.25) is 0 Å². The van der Waals surface area contributed by atoms with E-state index in [4.69, 9.17) is 4.74 Å². The SMILES string of the molecule is C=C(C(=O)OCCCCCCCCN1CCN(c2ccccc2)CC1)[C@@H]1CC[C@H](C)[C@@H]2CC(=O)C(C)=C2C1. The fraction of sp³-hybridized carbons (Fsp3) is 0.636. The maximum absolute atomic E-state index is 12.7. The number of ether oxygens (including phenoxy) is 1. The Bertz CT molecular complexity index is 977. The van der Waals surface area contributed by atoms with Gasteiger partial charge in [-0.2, -0.15) is 0 Å². The first-order valence-corrected chi connectivity index (χ1v) is 15.0. The van der Waals surface area contributed by atoms with Crippen molar-refractivity contribution in [2.75, 3.05) is 44.2 Å². The summed E-state index contributed by atoms with van der Waals surface area (Å²) >= 11 is 0. The van der Waals surface area contributed by atoms with Crippen LogP contribution in [0.5, 0.6) is 0 Å². The van der Waals surface area contributed by atoms with E-state index < -0.39 is 0 Å². The number of carbonyl (C=O) groups is 2. The highest BCUT2D eigenvalue weighted by Crippen LogP contribution is 2.45. The largest absolute Gasteiger partial charge is 0.462 e. The van der Waals surface area contributed by atoms with Crippen LogP contribution in [0.3, 0.4) is 0 Å². The molecule has 0 N–H and O–H groups in total. The molecule has 208 valence electrons. The van der Waals surface area contributed by atoms with Crippen molar-refractivity contribution >= 4 is 17.4 Å². The number of esters is 1. The molecule has 0 amide bonds. The van der Waals surface area contributed by atoms with Crippen LogP contribution in [0.4, 0.5) is 5.69 Å². The minimum atomic E-state index is -0.240. The fourth-order valence-electron chi connectivity index (χ4n) is 6.55. The summed E-state index contributed by atoms with van der Waals surface area (Å²) in [6.45, 7) is 14.6. The molecule has 1 heterocycles. The normalized spacial score (nSPS) is 24.3. The summed E-state index contributed by atoms with van der Waals surface area (Å²) < 4.78 is 5.60. The number of carbonyl (C=O) groups excluding carboxylic acids is 2. The number of para-hydroxylation sites is 1. The van der Waals surface area contributed by atoms with E-state index in [9.17, 15) is 9.59 Å². The molecule has 3 aliphatic rings. The molecule has 0 radical (unpaired) electrons. The van der Waals surface area contributed by atoms with Gasteiger partial charge in [0, 0.05) is 43.9 Å². The quantitative estimate of drug-likeness (QED) is 0.177. The smallest absolute Gasteiger partial charge is 0.333 e. The van der Waals surface area contributed by atoms with Crippen LogP contribution >= 0.6 is 0 Å². The molecular weight excluding hydrogens is 472 g/mol. The second-order valence-electron chi connectivity index (χ2n) is 11.8. The number of hydrogen-bond donors (Lipinski definition) is 0. The van der Waals surface area contributed by atoms with Gasteiger partial charge >= 0.3 is 5.97 Å². The third-order valence-corrected chi connectivity index (χ3v) is 9.23. The van der Waals surface area contributed by atoms with E-state index in [1.165, 1.54) is 43.5 Å². The highest BCUT2D eigenvalue weighted by atomic mass is 16.5. The number of anilines is 1. The van der Waals surface area contributed by atoms with E-state index in [-0.39, 0.29) is 17.7 Å². The van der Waals surface area contributed by atoms with Crippen molar-refractivity contribution in [3.8, 4) is 0 Å². The summed E-state index contributed by atoms with van der Waals surface area (Å²) in [7, 11) is 0. The van der Waals surface area contributed by atoms with Crippen molar-refractivity contribution < 1.29 is 14.3 Å². The predicted molar refractivity (Wildman–Crippen MR) is 155 cm³/mol. The van der Waals surface area contributed by atoms with Crippen LogP contribution in [0, 0.1) is 17.8 Å². The molecule has 4 rings (SSSR count). The second-order valence-corrected chi connectivity index (χ2v) is 11.8. The minimum absolute atomic E-state index is 0.104. The number of benzene rings is 1. The molecule has 0 aromatic heterocycles. The van der Waals surface area contributed by atoms with Crippen molar-refractivity contribution in [2.24, 2.45) is 17.8 Å². The summed E-state index contributed by atoms with van der Waals surface area (Å²) in [6, 6.07) is 10.7. The van der Waals surface area contributed by atoms with Crippen molar-refractivity contribution in [3.05, 3.63) is 53.6 Å². The lowest BCUT2D eigenvalue weighted by Crippen LogP contribution is -2.46. The lowest BCUT2D eigenvalue weighted by Gasteiger charge is -2.36. The van der Waals surface area contributed by atoms with E-state index in [1.54, 1.807) is 0 Å². The number of hydrogen-bond acceptors (Lipinski definition) is 5. The van der Waals surface area contributed by atoms with Gasteiger partial charge < -0.3 is 9.64 Å². The first kappa shape index (κ1) is 28.6. The summed E-state index contributed by atoms with van der Waals surface area (Å²) in [5.74, 6) is 1.00. The number of piperazine rings is 1. The van der Waals surface area contributed by atoms with Gasteiger partial charge in [-0.25, -0.2) is 4.79 Å². The third-order valence-electron chi connectivity index (χ3n) is 9.23. The van der Waals surface area contributed by atoms with E-state index >= 15 is 0 Å². The molecule has 5 nitrogen and oxygen atoms in total. The van der Waals surface area contributed by atoms with E-state index in [2.05, 4.69) is 53.6 Å². The standard InChI is InChI=1S/C33H48N2O3/c1-25-15-16-28(23-31-27(3)32(36)24-30(25)31)26(2)33(37)38-22-12-7-5-4-6-11-17-34-18-20-35(21-19-34)29-13-9-8-10-14-29/h8-10,13-14,25,28,30H,2,4-7,11-12,15-24H2,1,3H3/t25-,28+,30-/m0/s1.